The summed E-state index contributed by atoms with van der Waals surface area (Å²) < 4.78 is 16.4. The lowest BCUT2D eigenvalue weighted by Crippen LogP contribution is -2.52. The minimum Gasteiger partial charge on any atom is -0.462 e. The topological polar surface area (TPSA) is 123 Å². The molecule has 3 amide bonds. The molecule has 0 unspecified atom stereocenters. The van der Waals surface area contributed by atoms with Gasteiger partial charge >= 0.3 is 11.9 Å². The van der Waals surface area contributed by atoms with Crippen molar-refractivity contribution in [1.82, 2.24) is 18.9 Å². The maximum atomic E-state index is 14.9. The van der Waals surface area contributed by atoms with E-state index >= 15 is 0 Å². The molecule has 0 N–H and O–H groups in total. The molecule has 2 fully saturated rings. The molecule has 2 aromatic heterocycles. The van der Waals surface area contributed by atoms with E-state index in [2.05, 4.69) is 65.5 Å². The molecule has 348 valence electrons. The number of hydrogen-bond donors (Lipinski definition) is 0. The van der Waals surface area contributed by atoms with Crippen molar-refractivity contribution in [2.24, 2.45) is 10.8 Å². The lowest BCUT2D eigenvalue weighted by atomic mass is 9.69. The van der Waals surface area contributed by atoms with Gasteiger partial charge in [0.05, 0.1) is 52.8 Å². The molecule has 12 heteroatoms. The maximum Gasteiger partial charge on any atom is 0.339 e. The summed E-state index contributed by atoms with van der Waals surface area (Å²) in [6, 6.07) is 23.6. The Morgan fingerprint density at radius 1 is 0.597 bits per heavy atom. The Bertz CT molecular complexity index is 2960. The number of likely N-dealkylation sites (tertiary alicyclic amines) is 2. The van der Waals surface area contributed by atoms with Crippen LogP contribution in [0.15, 0.2) is 84.9 Å². The van der Waals surface area contributed by atoms with Gasteiger partial charge in [0, 0.05) is 72.6 Å². The normalized spacial score (nSPS) is 25.3. The van der Waals surface area contributed by atoms with Crippen LogP contribution in [0.1, 0.15) is 139 Å². The first kappa shape index (κ1) is 44.4. The maximum absolute atomic E-state index is 14.9. The molecule has 7 heterocycles. The first-order chi connectivity index (χ1) is 32.4. The van der Waals surface area contributed by atoms with E-state index in [9.17, 15) is 24.0 Å². The van der Waals surface area contributed by atoms with Crippen molar-refractivity contribution in [3.05, 3.63) is 113 Å². The van der Waals surface area contributed by atoms with Gasteiger partial charge in [0.25, 0.3) is 0 Å². The summed E-state index contributed by atoms with van der Waals surface area (Å²) in [7, 11) is 0. The molecule has 67 heavy (non-hydrogen) atoms. The molecule has 12 nitrogen and oxygen atoms in total. The first-order valence-corrected chi connectivity index (χ1v) is 24.3. The lowest BCUT2D eigenvalue weighted by Gasteiger charge is -2.52. The first-order valence-electron chi connectivity index (χ1n) is 24.3. The summed E-state index contributed by atoms with van der Waals surface area (Å²) in [5.74, 6) is -1.69. The fourth-order valence-electron chi connectivity index (χ4n) is 13.3. The van der Waals surface area contributed by atoms with Crippen molar-refractivity contribution in [3.8, 4) is 0 Å². The lowest BCUT2D eigenvalue weighted by molar-refractivity contribution is -0.141. The number of rotatable bonds is 8. The van der Waals surface area contributed by atoms with E-state index in [0.29, 0.717) is 54.9 Å². The third-order valence-electron chi connectivity index (χ3n) is 15.9. The zero-order valence-electron chi connectivity index (χ0n) is 39.8. The van der Waals surface area contributed by atoms with E-state index in [0.717, 1.165) is 69.9 Å². The Kier molecular flexibility index (Phi) is 11.1. The van der Waals surface area contributed by atoms with Crippen LogP contribution in [0.25, 0.3) is 33.0 Å². The van der Waals surface area contributed by atoms with Crippen LogP contribution in [0.2, 0.25) is 0 Å². The van der Waals surface area contributed by atoms with E-state index in [-0.39, 0.29) is 30.9 Å². The number of amides is 3. The summed E-state index contributed by atoms with van der Waals surface area (Å²) in [4.78, 5) is 78.0. The van der Waals surface area contributed by atoms with Gasteiger partial charge in [-0.15, -0.1) is 0 Å². The average molecular weight is 904 g/mol. The van der Waals surface area contributed by atoms with Crippen LogP contribution in [-0.2, 0) is 39.9 Å². The number of piperidine rings is 2. The van der Waals surface area contributed by atoms with Gasteiger partial charge in [-0.05, 0) is 88.1 Å². The van der Waals surface area contributed by atoms with E-state index in [1.54, 1.807) is 20.8 Å². The van der Waals surface area contributed by atoms with Gasteiger partial charge in [-0.1, -0.05) is 80.6 Å². The fourth-order valence-corrected chi connectivity index (χ4v) is 13.3. The van der Waals surface area contributed by atoms with Crippen LogP contribution in [0.5, 0.6) is 0 Å². The standard InChI is InChI=1S/C55H61N5O7/c1-8-54-26-18-28-56(33(5)61)52(54)59-43-24-16-13-21-37(43)45(48(59)40(31-54)50(64)66-10-3)39-30-36-20-12-15-23-42(36)58(35(7)63)47(39)46-38-22-14-17-25-44(38)60-49(46)41(51(65)67-11-4)32-55(9-2)27-19-29-57(34(6)62)53(55)60/h12-17,20-25,31-32,39,47,52-53H,8-11,18-19,26-30H2,1-7H3/t39-,47+,52-,53-,54+,55+/m1/s1. The molecular weight excluding hydrogens is 843 g/mol. The highest BCUT2D eigenvalue weighted by Gasteiger charge is 2.55. The van der Waals surface area contributed by atoms with Gasteiger partial charge in [0.1, 0.15) is 12.3 Å². The predicted octanol–water partition coefficient (Wildman–Crippen LogP) is 10.0. The van der Waals surface area contributed by atoms with Gasteiger partial charge in [0.15, 0.2) is 0 Å². The van der Waals surface area contributed by atoms with Crippen LogP contribution in [0.3, 0.4) is 0 Å². The van der Waals surface area contributed by atoms with Crippen molar-refractivity contribution in [1.29, 1.82) is 0 Å². The zero-order valence-corrected chi connectivity index (χ0v) is 39.8. The second kappa shape index (κ2) is 16.7. The molecule has 0 radical (unpaired) electrons. The Hall–Kier alpha value is -6.43. The quantitative estimate of drug-likeness (QED) is 0.142. The van der Waals surface area contributed by atoms with Gasteiger partial charge in [-0.25, -0.2) is 9.59 Å². The van der Waals surface area contributed by atoms with Crippen LogP contribution in [0.4, 0.5) is 5.69 Å². The van der Waals surface area contributed by atoms with Crippen molar-refractivity contribution in [2.75, 3.05) is 31.2 Å². The number of carbonyl (C=O) groups is 5. The molecule has 0 bridgehead atoms. The number of carbonyl (C=O) groups excluding carboxylic acids is 5. The van der Waals surface area contributed by atoms with Gasteiger partial charge < -0.3 is 33.3 Å². The van der Waals surface area contributed by atoms with E-state index in [1.807, 2.05) is 71.0 Å². The van der Waals surface area contributed by atoms with E-state index < -0.39 is 47.1 Å². The number of benzene rings is 3. The van der Waals surface area contributed by atoms with Crippen LogP contribution < -0.4 is 4.90 Å². The molecule has 10 rings (SSSR count). The van der Waals surface area contributed by atoms with Crippen molar-refractivity contribution in [3.63, 3.8) is 0 Å². The smallest absolute Gasteiger partial charge is 0.339 e. The minimum atomic E-state index is -0.748. The third-order valence-corrected chi connectivity index (χ3v) is 15.9. The average Bonchev–Trinajstić information content (AvgIpc) is 3.86. The number of anilines is 1. The number of nitrogens with zero attached hydrogens (tertiary/aromatic N) is 5. The highest BCUT2D eigenvalue weighted by molar-refractivity contribution is 6.20. The molecule has 0 spiro atoms. The van der Waals surface area contributed by atoms with Gasteiger partial charge in [0.2, 0.25) is 17.7 Å². The molecule has 5 aromatic rings. The highest BCUT2D eigenvalue weighted by Crippen LogP contribution is 2.61. The van der Waals surface area contributed by atoms with E-state index in [4.69, 9.17) is 9.47 Å². The Labute approximate surface area is 392 Å². The van der Waals surface area contributed by atoms with Crippen LogP contribution >= 0.6 is 0 Å². The van der Waals surface area contributed by atoms with Gasteiger partial charge in [-0.3, -0.25) is 14.4 Å². The molecule has 2 saturated heterocycles. The number of esters is 2. The number of hydrogen-bond acceptors (Lipinski definition) is 7. The molecule has 5 aliphatic rings. The monoisotopic (exact) mass is 903 g/mol. The number of aromatic nitrogens is 2. The molecule has 0 aliphatic carbocycles. The van der Waals surface area contributed by atoms with E-state index in [1.165, 1.54) is 0 Å². The number of para-hydroxylation sites is 3. The molecular formula is C55H61N5O7. The second-order valence-electron chi connectivity index (χ2n) is 19.2. The SMILES string of the molecule is CCOC(=O)C1=C[C@]2(CC)CCCN(C(C)=O)[C@@H]2n2c1c([C@H]1Cc3ccccc3N(C(C)=O)[C@@H]1c1c3n(c4ccccc14)[C@H]1N(C(C)=O)CCC[C@@]1(CC)C=C3C(=O)OCC)c1ccccc12. The minimum absolute atomic E-state index is 0.0383. The molecule has 0 saturated carbocycles. The Balaban J connectivity index is 1.36. The predicted molar refractivity (Wildman–Crippen MR) is 259 cm³/mol. The number of ether oxygens (including phenoxy) is 2. The molecule has 6 atom stereocenters. The second-order valence-corrected chi connectivity index (χ2v) is 19.2. The van der Waals surface area contributed by atoms with Crippen molar-refractivity contribution in [2.45, 2.75) is 118 Å². The van der Waals surface area contributed by atoms with Crippen LogP contribution in [-0.4, -0.2) is 74.9 Å². The summed E-state index contributed by atoms with van der Waals surface area (Å²) >= 11 is 0. The highest BCUT2D eigenvalue weighted by atomic mass is 16.5. The summed E-state index contributed by atoms with van der Waals surface area (Å²) in [6.07, 6.45) is 8.27. The molecule has 5 aliphatic heterocycles. The molecule has 3 aromatic carbocycles. The van der Waals surface area contributed by atoms with Crippen molar-refractivity contribution >= 4 is 68.3 Å². The van der Waals surface area contributed by atoms with Crippen molar-refractivity contribution < 1.29 is 33.4 Å². The number of fused-ring (bicyclic) bond motifs is 11. The summed E-state index contributed by atoms with van der Waals surface area (Å²) in [6.45, 7) is 14.2. The third kappa shape index (κ3) is 6.48. The fraction of sp³-hybridized carbons (Fsp3) is 0.436. The Morgan fingerprint density at radius 3 is 1.54 bits per heavy atom. The largest absolute Gasteiger partial charge is 0.462 e. The van der Waals surface area contributed by atoms with Crippen LogP contribution in [0, 0.1) is 10.8 Å². The van der Waals surface area contributed by atoms with Gasteiger partial charge in [-0.2, -0.15) is 0 Å². The summed E-state index contributed by atoms with van der Waals surface area (Å²) in [5, 5.41) is 1.76. The zero-order chi connectivity index (χ0) is 47.1. The summed E-state index contributed by atoms with van der Waals surface area (Å²) in [5.41, 5.74) is 6.13. The Morgan fingerprint density at radius 2 is 1.06 bits per heavy atom.